The van der Waals surface area contributed by atoms with Crippen LogP contribution in [0.3, 0.4) is 0 Å². The van der Waals surface area contributed by atoms with Crippen molar-refractivity contribution in [3.63, 3.8) is 0 Å². The minimum atomic E-state index is -2.55. The highest BCUT2D eigenvalue weighted by Gasteiger charge is 2.43. The van der Waals surface area contributed by atoms with Gasteiger partial charge in [-0.2, -0.15) is 0 Å². The summed E-state index contributed by atoms with van der Waals surface area (Å²) in [4.78, 5) is 57.5. The first kappa shape index (κ1) is 90.4. The van der Waals surface area contributed by atoms with Crippen LogP contribution < -0.4 is 49.0 Å². The van der Waals surface area contributed by atoms with Crippen LogP contribution in [0, 0.1) is 41.5 Å². The van der Waals surface area contributed by atoms with E-state index in [0.717, 1.165) is 138 Å². The highest BCUT2D eigenvalue weighted by Crippen LogP contribution is 2.54. The van der Waals surface area contributed by atoms with Crippen molar-refractivity contribution in [1.82, 2.24) is 44.7 Å². The fourth-order valence-corrected chi connectivity index (χ4v) is 22.7. The Morgan fingerprint density at radius 1 is 0.268 bits per heavy atom. The first-order valence-electron chi connectivity index (χ1n) is 53.0. The van der Waals surface area contributed by atoms with Crippen LogP contribution in [-0.4, -0.2) is 114 Å². The molecule has 0 radical (unpaired) electrons. The summed E-state index contributed by atoms with van der Waals surface area (Å²) in [7, 11) is 4.22. The minimum Gasteiger partial charge on any atom is -0.454 e. The molecule has 28 rings (SSSR count). The lowest BCUT2D eigenvalue weighted by Gasteiger charge is -2.33. The van der Waals surface area contributed by atoms with Crippen LogP contribution >= 0.6 is 0 Å². The third kappa shape index (κ3) is 16.1. The number of nitrogens with zero attached hydrogens (tertiary/aromatic N) is 19. The predicted octanol–water partition coefficient (Wildman–Crippen LogP) is 30.6. The molecule has 6 aliphatic heterocycles. The van der Waals surface area contributed by atoms with Crippen molar-refractivity contribution in [3.05, 3.63) is 351 Å². The molecule has 0 spiro atoms. The Labute approximate surface area is 871 Å². The van der Waals surface area contributed by atoms with Crippen LogP contribution in [0.15, 0.2) is 344 Å². The summed E-state index contributed by atoms with van der Waals surface area (Å²) >= 11 is 0. The van der Waals surface area contributed by atoms with Gasteiger partial charge in [-0.05, 0) is 261 Å². The summed E-state index contributed by atoms with van der Waals surface area (Å²) in [6, 6.07) is 80.1. The summed E-state index contributed by atoms with van der Waals surface area (Å²) in [5, 5.41) is 12.9. The molecule has 0 saturated carbocycles. The molecule has 0 bridgehead atoms. The van der Waals surface area contributed by atoms with E-state index < -0.39 is 19.0 Å². The quantitative estimate of drug-likeness (QED) is 0.125. The molecule has 6 aliphatic rings. The van der Waals surface area contributed by atoms with Crippen molar-refractivity contribution in [1.29, 1.82) is 0 Å². The van der Waals surface area contributed by atoms with Gasteiger partial charge in [0.2, 0.25) is 28.6 Å². The summed E-state index contributed by atoms with van der Waals surface area (Å²) in [6.45, 7) is 33.4. The number of fused-ring (bicyclic) bond motifs is 21. The zero-order valence-electron chi connectivity index (χ0n) is 91.1. The SMILES string of the molecule is Cc1ccc2c(oc3ncccc32)c1N1C=CN(C(C)C)C1C.Cc1ccc2c(oc3ncccc32)c1N1C=CN(C)C1C.Cc1ccc2c(oc3ncccc32)c1N1C=CN(c2ccccc2)C1C.Cc1ccc2c(oc3ncccc32)c1N1c2ccccc2N(C(C)C)C1C.Cc1ccc2c(oc3ncccc32)c1N1c2ccccc2N(C)C1C.[2H]C([2H])([2H])C([2H])(C)N1c2nccnc2N(c2c(C)ccc3c2oc2ccccc23)C1C. The number of benzene rings is 10. The Bertz CT molecular complexity index is 9200. The van der Waals surface area contributed by atoms with Gasteiger partial charge in [0, 0.05) is 187 Å². The molecule has 12 aromatic heterocycles. The van der Waals surface area contributed by atoms with Gasteiger partial charge in [0.05, 0.1) is 58.2 Å². The molecule has 7 atom stereocenters. The van der Waals surface area contributed by atoms with Gasteiger partial charge < -0.3 is 80.4 Å². The van der Waals surface area contributed by atoms with E-state index in [9.17, 15) is 0 Å². The molecular weight excluding hydrogens is 1850 g/mol. The van der Waals surface area contributed by atoms with E-state index in [1.165, 1.54) is 74.3 Å². The van der Waals surface area contributed by atoms with E-state index in [2.05, 4.69) is 396 Å². The lowest BCUT2D eigenvalue weighted by molar-refractivity contribution is 0.263. The Hall–Kier alpha value is -17.4. The van der Waals surface area contributed by atoms with Crippen LogP contribution in [-0.2, 0) is 0 Å². The van der Waals surface area contributed by atoms with Crippen molar-refractivity contribution >= 4 is 206 Å². The number of aryl methyl sites for hydroxylation is 6. The van der Waals surface area contributed by atoms with E-state index in [-0.39, 0.29) is 30.8 Å². The first-order chi connectivity index (χ1) is 73.8. The van der Waals surface area contributed by atoms with E-state index in [4.69, 9.17) is 32.0 Å². The average Bonchev–Trinajstić information content (AvgIpc) is 1.56. The van der Waals surface area contributed by atoms with Gasteiger partial charge in [-0.15, -0.1) is 0 Å². The maximum Gasteiger partial charge on any atom is 0.227 e. The van der Waals surface area contributed by atoms with Crippen LogP contribution in [0.2, 0.25) is 0 Å². The number of hydrogen-bond acceptors (Lipinski definition) is 25. The second-order valence-corrected chi connectivity index (χ2v) is 39.8. The molecule has 25 heteroatoms. The number of para-hydroxylation sites is 6. The maximum absolute atomic E-state index is 8.74. The second kappa shape index (κ2) is 38.2. The number of aromatic nitrogens is 7. The molecule has 0 saturated heterocycles. The van der Waals surface area contributed by atoms with Gasteiger partial charge >= 0.3 is 0 Å². The van der Waals surface area contributed by atoms with Crippen molar-refractivity contribution in [2.45, 2.75) is 180 Å². The monoisotopic (exact) mass is 1980 g/mol. The number of furan rings is 6. The topological polar surface area (TPSA) is 208 Å². The molecule has 7 unspecified atom stereocenters. The van der Waals surface area contributed by atoms with E-state index in [0.29, 0.717) is 57.9 Å². The van der Waals surface area contributed by atoms with Crippen LogP contribution in [0.25, 0.3) is 132 Å². The van der Waals surface area contributed by atoms with Gasteiger partial charge in [0.1, 0.15) is 42.6 Å². The molecule has 149 heavy (non-hydrogen) atoms. The lowest BCUT2D eigenvalue weighted by Crippen LogP contribution is -2.42. The van der Waals surface area contributed by atoms with Crippen molar-refractivity contribution < 1.29 is 32.0 Å². The Morgan fingerprint density at radius 2 is 0.611 bits per heavy atom. The second-order valence-electron chi connectivity index (χ2n) is 39.8. The molecule has 0 fully saturated rings. The first-order valence-corrected chi connectivity index (χ1v) is 51.0. The molecule has 25 nitrogen and oxygen atoms in total. The van der Waals surface area contributed by atoms with Gasteiger partial charge in [-0.1, -0.05) is 133 Å². The van der Waals surface area contributed by atoms with E-state index in [1.807, 2.05) is 91.5 Å². The smallest absolute Gasteiger partial charge is 0.227 e. The lowest BCUT2D eigenvalue weighted by atomic mass is 10.1. The Kier molecular flexibility index (Phi) is 23.2. The van der Waals surface area contributed by atoms with E-state index in [1.54, 1.807) is 37.2 Å². The number of pyridine rings is 5. The number of anilines is 13. The molecule has 22 aromatic rings. The highest BCUT2D eigenvalue weighted by atomic mass is 16.4. The Morgan fingerprint density at radius 3 is 1.05 bits per heavy atom. The third-order valence-electron chi connectivity index (χ3n) is 30.2. The summed E-state index contributed by atoms with van der Waals surface area (Å²) < 4.78 is 69.7. The highest BCUT2D eigenvalue weighted by molar-refractivity contribution is 6.15. The molecule has 10 aromatic carbocycles. The summed E-state index contributed by atoms with van der Waals surface area (Å²) in [5.41, 5.74) is 29.0. The third-order valence-corrected chi connectivity index (χ3v) is 30.2. The largest absolute Gasteiger partial charge is 0.454 e. The standard InChI is InChI=1S/C23H23N3O.C22H22N4O.C22H19N3O.C21H19N3O.C19H21N3O.C17H17N3O/c1-14(2)25-16(4)26(20-10-6-5-9-19(20)25)21-15(3)11-12-17-18-8-7-13-24-23(18)27-22(17)21;1-13(2)25-15(4)26(22-21(25)23-11-12-24-22)19-14(3)9-10-17-16-7-5-6-8-18(16)27-20(17)19;1-15-10-11-18-19-9-6-12-23-22(19)26-21(18)20(15)25-14-13-24(16(25)2)17-7-4-3-5-8-17;1-13-10-11-15-16-7-6-12-22-21(16)25-20(15)19(13)24-14(2)23(3)17-8-4-5-9-18(17)24;1-12(2)21-10-11-22(14(21)4)17-13(3)7-8-15-16-6-5-9-20-19(16)23-18(15)17;1-11-6-7-13-14-5-4-8-18-17(14)21-16(13)15(11)20-10-9-19(3)12(20)2/h5-14,16H,1-4H3;5-13,15H,1-4H3;3-14,16H,1-2H3;4-12,14H,1-3H3;5-12,14H,1-4H3;4-10,12H,1-3H3/i;1D3,13D;;;;. The Balaban J connectivity index is 0.000000100. The van der Waals surface area contributed by atoms with Crippen molar-refractivity contribution in [3.8, 4) is 0 Å². The summed E-state index contributed by atoms with van der Waals surface area (Å²) in [5.74, 6) is 0.880. The van der Waals surface area contributed by atoms with Gasteiger partial charge in [0.25, 0.3) is 0 Å². The summed E-state index contributed by atoms with van der Waals surface area (Å²) in [6.07, 6.45) is 25.3. The van der Waals surface area contributed by atoms with Crippen molar-refractivity contribution in [2.24, 2.45) is 0 Å². The average molecular weight is 1980 g/mol. The molecule has 18 heterocycles. The molecule has 748 valence electrons. The normalized spacial score (nSPS) is 18.1. The molecular formula is C124H121N19O6. The van der Waals surface area contributed by atoms with Crippen LogP contribution in [0.4, 0.5) is 74.2 Å². The minimum absolute atomic E-state index is 0.155. The molecule has 0 N–H and O–H groups in total. The fraction of sp³-hybridized carbons (Fsp3) is 0.234. The van der Waals surface area contributed by atoms with Gasteiger partial charge in [0.15, 0.2) is 45.1 Å². The van der Waals surface area contributed by atoms with Gasteiger partial charge in [-0.3, -0.25) is 4.90 Å². The predicted molar refractivity (Wildman–Crippen MR) is 610 cm³/mol. The number of hydrogen-bond donors (Lipinski definition) is 0. The van der Waals surface area contributed by atoms with Crippen molar-refractivity contribution in [2.75, 3.05) is 63.1 Å². The molecule has 0 amide bonds. The van der Waals surface area contributed by atoms with Crippen LogP contribution in [0.1, 0.15) is 122 Å². The maximum atomic E-state index is 8.74. The van der Waals surface area contributed by atoms with Crippen LogP contribution in [0.5, 0.6) is 0 Å². The molecule has 0 aliphatic carbocycles. The fourth-order valence-electron chi connectivity index (χ4n) is 22.7. The van der Waals surface area contributed by atoms with E-state index >= 15 is 0 Å². The zero-order valence-corrected chi connectivity index (χ0v) is 87.1. The number of rotatable bonds is 10. The zero-order chi connectivity index (χ0) is 106. The van der Waals surface area contributed by atoms with Gasteiger partial charge in [-0.25, -0.2) is 34.9 Å².